The molecule has 1 aromatic heterocycles. The van der Waals surface area contributed by atoms with E-state index in [1.807, 2.05) is 30.3 Å². The Morgan fingerprint density at radius 3 is 2.48 bits per heavy atom. The van der Waals surface area contributed by atoms with Crippen molar-refractivity contribution in [2.45, 2.75) is 19.0 Å². The van der Waals surface area contributed by atoms with E-state index >= 15 is 0 Å². The summed E-state index contributed by atoms with van der Waals surface area (Å²) >= 11 is 1.28. The number of halogens is 2. The number of rotatable bonds is 7. The van der Waals surface area contributed by atoms with E-state index in [0.29, 0.717) is 11.3 Å². The third-order valence-corrected chi connectivity index (χ3v) is 5.30. The van der Waals surface area contributed by atoms with Crippen LogP contribution in [0.25, 0.3) is 0 Å². The van der Waals surface area contributed by atoms with Gasteiger partial charge in [0.05, 0.1) is 4.88 Å². The lowest BCUT2D eigenvalue weighted by Crippen LogP contribution is -2.48. The summed E-state index contributed by atoms with van der Waals surface area (Å²) in [7, 11) is 1.53. The van der Waals surface area contributed by atoms with Crippen LogP contribution in [0, 0.1) is 11.6 Å². The molecular weight excluding hydrogens is 394 g/mol. The topological polar surface area (TPSA) is 49.4 Å². The second kappa shape index (κ2) is 9.43. The molecule has 0 saturated carbocycles. The number of benzene rings is 2. The van der Waals surface area contributed by atoms with E-state index in [4.69, 9.17) is 0 Å². The molecule has 0 fully saturated rings. The van der Waals surface area contributed by atoms with E-state index in [1.165, 1.54) is 29.4 Å². The smallest absolute Gasteiger partial charge is 0.262 e. The maximum Gasteiger partial charge on any atom is 0.262 e. The number of carbonyl (C=O) groups is 2. The maximum atomic E-state index is 14.0. The average Bonchev–Trinajstić information content (AvgIpc) is 3.25. The predicted molar refractivity (Wildman–Crippen MR) is 109 cm³/mol. The average molecular weight is 414 g/mol. The van der Waals surface area contributed by atoms with Crippen LogP contribution in [-0.4, -0.2) is 29.8 Å². The second-order valence-electron chi connectivity index (χ2n) is 6.62. The van der Waals surface area contributed by atoms with Gasteiger partial charge in [-0.1, -0.05) is 42.5 Å². The number of hydrogen-bond donors (Lipinski definition) is 1. The van der Waals surface area contributed by atoms with Gasteiger partial charge in [-0.3, -0.25) is 9.59 Å². The van der Waals surface area contributed by atoms with Gasteiger partial charge < -0.3 is 10.2 Å². The molecule has 3 rings (SSSR count). The van der Waals surface area contributed by atoms with Crippen molar-refractivity contribution in [1.82, 2.24) is 10.2 Å². The van der Waals surface area contributed by atoms with E-state index in [9.17, 15) is 18.4 Å². The molecule has 3 aromatic rings. The Morgan fingerprint density at radius 1 is 1.07 bits per heavy atom. The molecule has 0 aliphatic rings. The Hall–Kier alpha value is -3.06. The minimum atomic E-state index is -0.819. The molecule has 0 radical (unpaired) electrons. The molecule has 2 amide bonds. The highest BCUT2D eigenvalue weighted by Crippen LogP contribution is 2.14. The molecule has 1 N–H and O–H groups in total. The van der Waals surface area contributed by atoms with Crippen molar-refractivity contribution in [3.63, 3.8) is 0 Å². The fourth-order valence-electron chi connectivity index (χ4n) is 2.94. The maximum absolute atomic E-state index is 14.0. The summed E-state index contributed by atoms with van der Waals surface area (Å²) in [5.41, 5.74) is 1.09. The number of carbonyl (C=O) groups excluding carboxylic acids is 2. The largest absolute Gasteiger partial charge is 0.340 e. The number of thiophene rings is 1. The minimum Gasteiger partial charge on any atom is -0.340 e. The van der Waals surface area contributed by atoms with E-state index in [0.717, 1.165) is 17.7 Å². The minimum absolute atomic E-state index is 0.0366. The third kappa shape index (κ3) is 5.48. The van der Waals surface area contributed by atoms with Crippen LogP contribution in [0.5, 0.6) is 0 Å². The lowest BCUT2D eigenvalue weighted by molar-refractivity contribution is -0.132. The standard InChI is InChI=1S/C22H20F2N2O2S/c1-26(14-16-9-10-17(23)13-18(16)24)22(28)19(12-15-6-3-2-4-7-15)25-21(27)20-8-5-11-29-20/h2-11,13,19H,12,14H2,1H3,(H,25,27). The van der Waals surface area contributed by atoms with Gasteiger partial charge >= 0.3 is 0 Å². The van der Waals surface area contributed by atoms with Gasteiger partial charge in [-0.25, -0.2) is 8.78 Å². The van der Waals surface area contributed by atoms with Gasteiger partial charge in [0.25, 0.3) is 5.91 Å². The number of amides is 2. The molecule has 1 unspecified atom stereocenters. The van der Waals surface area contributed by atoms with Gasteiger partial charge in [-0.05, 0) is 23.1 Å². The number of hydrogen-bond acceptors (Lipinski definition) is 3. The zero-order valence-electron chi connectivity index (χ0n) is 15.8. The molecule has 0 aliphatic carbocycles. The Bertz CT molecular complexity index is 978. The molecule has 0 bridgehead atoms. The molecule has 4 nitrogen and oxygen atoms in total. The van der Waals surface area contributed by atoms with Crippen LogP contribution in [0.1, 0.15) is 20.8 Å². The van der Waals surface area contributed by atoms with Crippen molar-refractivity contribution in [2.24, 2.45) is 0 Å². The highest BCUT2D eigenvalue weighted by atomic mass is 32.1. The number of nitrogens with one attached hydrogen (secondary N) is 1. The first-order valence-corrected chi connectivity index (χ1v) is 9.89. The highest BCUT2D eigenvalue weighted by Gasteiger charge is 2.25. The van der Waals surface area contributed by atoms with Crippen molar-refractivity contribution >= 4 is 23.2 Å². The first-order valence-electron chi connectivity index (χ1n) is 9.01. The van der Waals surface area contributed by atoms with Gasteiger partial charge in [0.15, 0.2) is 0 Å². The SMILES string of the molecule is CN(Cc1ccc(F)cc1F)C(=O)C(Cc1ccccc1)NC(=O)c1cccs1. The van der Waals surface area contributed by atoms with Crippen LogP contribution in [0.4, 0.5) is 8.78 Å². The lowest BCUT2D eigenvalue weighted by atomic mass is 10.0. The Kier molecular flexibility index (Phi) is 6.72. The van der Waals surface area contributed by atoms with Crippen LogP contribution in [-0.2, 0) is 17.8 Å². The molecule has 0 saturated heterocycles. The zero-order chi connectivity index (χ0) is 20.8. The van der Waals surface area contributed by atoms with E-state index < -0.39 is 17.7 Å². The third-order valence-electron chi connectivity index (χ3n) is 4.43. The van der Waals surface area contributed by atoms with Crippen molar-refractivity contribution in [1.29, 1.82) is 0 Å². The molecule has 1 heterocycles. The number of likely N-dealkylation sites (N-methyl/N-ethyl adjacent to an activating group) is 1. The summed E-state index contributed by atoms with van der Waals surface area (Å²) in [6.07, 6.45) is 0.299. The quantitative estimate of drug-likeness (QED) is 0.635. The van der Waals surface area contributed by atoms with Crippen molar-refractivity contribution < 1.29 is 18.4 Å². The summed E-state index contributed by atoms with van der Waals surface area (Å²) < 4.78 is 27.1. The first kappa shape index (κ1) is 20.7. The van der Waals surface area contributed by atoms with Crippen molar-refractivity contribution in [3.8, 4) is 0 Å². The summed E-state index contributed by atoms with van der Waals surface area (Å²) in [5, 5.41) is 4.57. The molecule has 29 heavy (non-hydrogen) atoms. The summed E-state index contributed by atoms with van der Waals surface area (Å²) in [6.45, 7) is -0.0366. The van der Waals surface area contributed by atoms with Gasteiger partial charge in [0, 0.05) is 31.6 Å². The van der Waals surface area contributed by atoms with Gasteiger partial charge in [-0.2, -0.15) is 0 Å². The van der Waals surface area contributed by atoms with Gasteiger partial charge in [0.1, 0.15) is 17.7 Å². The van der Waals surface area contributed by atoms with E-state index in [2.05, 4.69) is 5.32 Å². The molecule has 0 spiro atoms. The Morgan fingerprint density at radius 2 is 1.83 bits per heavy atom. The van der Waals surface area contributed by atoms with Crippen LogP contribution < -0.4 is 5.32 Å². The molecule has 1 atom stereocenters. The van der Waals surface area contributed by atoms with Crippen LogP contribution >= 0.6 is 11.3 Å². The molecule has 150 valence electrons. The molecule has 2 aromatic carbocycles. The molecular formula is C22H20F2N2O2S. The fraction of sp³-hybridized carbons (Fsp3) is 0.182. The fourth-order valence-corrected chi connectivity index (χ4v) is 3.56. The zero-order valence-corrected chi connectivity index (χ0v) is 16.6. The molecule has 7 heteroatoms. The summed E-state index contributed by atoms with van der Waals surface area (Å²) in [6, 6.07) is 15.2. The van der Waals surface area contributed by atoms with Crippen molar-refractivity contribution in [2.75, 3.05) is 7.05 Å². The first-order chi connectivity index (χ1) is 13.9. The van der Waals surface area contributed by atoms with E-state index in [-0.39, 0.29) is 23.9 Å². The van der Waals surface area contributed by atoms with Crippen LogP contribution in [0.3, 0.4) is 0 Å². The number of nitrogens with zero attached hydrogens (tertiary/aromatic N) is 1. The van der Waals surface area contributed by atoms with Gasteiger partial charge in [0.2, 0.25) is 5.91 Å². The monoisotopic (exact) mass is 414 g/mol. The van der Waals surface area contributed by atoms with Crippen LogP contribution in [0.15, 0.2) is 66.0 Å². The summed E-state index contributed by atoms with van der Waals surface area (Å²) in [5.74, 6) is -2.09. The predicted octanol–water partition coefficient (Wildman–Crippen LogP) is 4.03. The Balaban J connectivity index is 1.77. The van der Waals surface area contributed by atoms with E-state index in [1.54, 1.807) is 17.5 Å². The normalized spacial score (nSPS) is 11.7. The van der Waals surface area contributed by atoms with Gasteiger partial charge in [-0.15, -0.1) is 11.3 Å². The van der Waals surface area contributed by atoms with Crippen LogP contribution in [0.2, 0.25) is 0 Å². The lowest BCUT2D eigenvalue weighted by Gasteiger charge is -2.25. The van der Waals surface area contributed by atoms with Crippen molar-refractivity contribution in [3.05, 3.63) is 93.7 Å². The second-order valence-corrected chi connectivity index (χ2v) is 7.57. The highest BCUT2D eigenvalue weighted by molar-refractivity contribution is 7.12. The molecule has 0 aliphatic heterocycles. The summed E-state index contributed by atoms with van der Waals surface area (Å²) in [4.78, 5) is 27.4. The Labute approximate surface area is 171 Å².